The van der Waals surface area contributed by atoms with Gasteiger partial charge in [-0.05, 0) is 51.0 Å². The highest BCUT2D eigenvalue weighted by Gasteiger charge is 2.32. The molecule has 0 bridgehead atoms. The molecule has 158 valence electrons. The summed E-state index contributed by atoms with van der Waals surface area (Å²) in [7, 11) is 0.117. The lowest BCUT2D eigenvalue weighted by Crippen LogP contribution is -2.44. The second-order valence-corrected chi connectivity index (χ2v) is 9.40. The number of nitrogens with zero attached hydrogens (tertiary/aromatic N) is 4. The van der Waals surface area contributed by atoms with Gasteiger partial charge in [-0.2, -0.15) is 4.31 Å². The number of hydrogen-bond donors (Lipinski definition) is 0. The minimum Gasteiger partial charge on any atom is -0.491 e. The van der Waals surface area contributed by atoms with Crippen molar-refractivity contribution in [2.45, 2.75) is 43.8 Å². The number of sulfonamides is 1. The molecule has 9 heteroatoms. The van der Waals surface area contributed by atoms with E-state index >= 15 is 0 Å². The molecule has 0 N–H and O–H groups in total. The third-order valence-corrected chi connectivity index (χ3v) is 6.40. The lowest BCUT2D eigenvalue weighted by Gasteiger charge is -2.32. The van der Waals surface area contributed by atoms with Crippen molar-refractivity contribution in [1.82, 2.24) is 14.3 Å². The lowest BCUT2D eigenvalue weighted by molar-refractivity contribution is 0.125. The Kier molecular flexibility index (Phi) is 6.59. The molecule has 1 aliphatic heterocycles. The number of benzene rings is 1. The number of anilines is 1. The molecule has 1 aromatic carbocycles. The first kappa shape index (κ1) is 21.3. The van der Waals surface area contributed by atoms with Crippen LogP contribution < -0.4 is 14.4 Å². The number of hydrogen-bond acceptors (Lipinski definition) is 7. The summed E-state index contributed by atoms with van der Waals surface area (Å²) in [6, 6.07) is 6.55. The highest BCUT2D eigenvalue weighted by Crippen LogP contribution is 2.27. The molecule has 1 aromatic heterocycles. The molecule has 0 radical (unpaired) electrons. The van der Waals surface area contributed by atoms with Crippen molar-refractivity contribution in [3.05, 3.63) is 36.7 Å². The Morgan fingerprint density at radius 2 is 1.83 bits per heavy atom. The molecule has 3 rings (SSSR count). The Morgan fingerprint density at radius 3 is 2.48 bits per heavy atom. The maximum absolute atomic E-state index is 13.1. The zero-order valence-corrected chi connectivity index (χ0v) is 18.1. The molecule has 2 aromatic rings. The fourth-order valence-corrected chi connectivity index (χ4v) is 4.71. The molecule has 1 fully saturated rings. The van der Waals surface area contributed by atoms with Crippen molar-refractivity contribution >= 4 is 15.8 Å². The number of aromatic nitrogens is 2. The quantitative estimate of drug-likeness (QED) is 0.680. The summed E-state index contributed by atoms with van der Waals surface area (Å²) in [6.07, 6.45) is 4.41. The molecule has 2 heterocycles. The Labute approximate surface area is 172 Å². The van der Waals surface area contributed by atoms with Crippen molar-refractivity contribution in [1.29, 1.82) is 0 Å². The van der Waals surface area contributed by atoms with Gasteiger partial charge in [0.2, 0.25) is 10.0 Å². The van der Waals surface area contributed by atoms with Crippen LogP contribution in [-0.4, -0.2) is 62.1 Å². The Bertz CT molecular complexity index is 916. The lowest BCUT2D eigenvalue weighted by atomic mass is 10.1. The molecule has 1 saturated heterocycles. The van der Waals surface area contributed by atoms with Crippen LogP contribution in [0.3, 0.4) is 0 Å². The third kappa shape index (κ3) is 5.16. The molecule has 0 amide bonds. The van der Waals surface area contributed by atoms with Crippen LogP contribution >= 0.6 is 0 Å². The zero-order chi connectivity index (χ0) is 21.0. The van der Waals surface area contributed by atoms with Gasteiger partial charge in [-0.25, -0.2) is 18.4 Å². The van der Waals surface area contributed by atoms with Crippen LogP contribution in [0.1, 0.15) is 26.7 Å². The number of ether oxygens (including phenoxy) is 2. The predicted octanol–water partition coefficient (Wildman–Crippen LogP) is 2.56. The largest absolute Gasteiger partial charge is 0.491 e. The summed E-state index contributed by atoms with van der Waals surface area (Å²) in [6.45, 7) is 4.60. The highest BCUT2D eigenvalue weighted by molar-refractivity contribution is 7.89. The van der Waals surface area contributed by atoms with Crippen LogP contribution in [0.5, 0.6) is 11.6 Å². The molecular formula is C20H28N4O4S. The smallest absolute Gasteiger partial charge is 0.257 e. The summed E-state index contributed by atoms with van der Waals surface area (Å²) >= 11 is 0. The maximum atomic E-state index is 13.1. The fourth-order valence-electron chi connectivity index (χ4n) is 3.20. The first-order valence-electron chi connectivity index (χ1n) is 9.69. The van der Waals surface area contributed by atoms with Gasteiger partial charge in [0.25, 0.3) is 5.88 Å². The average Bonchev–Trinajstić information content (AvgIpc) is 2.68. The Balaban J connectivity index is 1.73. The highest BCUT2D eigenvalue weighted by atomic mass is 32.2. The van der Waals surface area contributed by atoms with Crippen LogP contribution in [0.15, 0.2) is 41.6 Å². The summed E-state index contributed by atoms with van der Waals surface area (Å²) in [5.74, 6) is 1.68. The SMILES string of the molecule is CC(C)Oc1ccc(S(=O)(=O)N2CCCC(Oc3nccnc3N(C)C)C2)cc1. The average molecular weight is 421 g/mol. The molecule has 1 atom stereocenters. The molecule has 0 spiro atoms. The van der Waals surface area contributed by atoms with Gasteiger partial charge in [0.1, 0.15) is 11.9 Å². The second kappa shape index (κ2) is 8.96. The topological polar surface area (TPSA) is 84.9 Å². The van der Waals surface area contributed by atoms with Crippen molar-refractivity contribution in [2.24, 2.45) is 0 Å². The standard InChI is InChI=1S/C20H28N4O4S/c1-15(2)27-16-7-9-18(10-8-16)29(25,26)24-13-5-6-17(14-24)28-20-19(23(3)4)21-11-12-22-20/h7-12,15,17H,5-6,13-14H2,1-4H3. The number of rotatable bonds is 7. The van der Waals surface area contributed by atoms with E-state index in [2.05, 4.69) is 9.97 Å². The van der Waals surface area contributed by atoms with Crippen LogP contribution in [-0.2, 0) is 10.0 Å². The van der Waals surface area contributed by atoms with E-state index in [1.807, 2.05) is 32.8 Å². The molecule has 1 unspecified atom stereocenters. The Hall–Kier alpha value is -2.39. The van der Waals surface area contributed by atoms with Crippen LogP contribution in [0.4, 0.5) is 5.82 Å². The summed E-state index contributed by atoms with van der Waals surface area (Å²) in [5.41, 5.74) is 0. The van der Waals surface area contributed by atoms with E-state index in [-0.39, 0.29) is 23.6 Å². The van der Waals surface area contributed by atoms with Crippen LogP contribution in [0, 0.1) is 0 Å². The van der Waals surface area contributed by atoms with Gasteiger partial charge in [-0.15, -0.1) is 0 Å². The zero-order valence-electron chi connectivity index (χ0n) is 17.3. The summed E-state index contributed by atoms with van der Waals surface area (Å²) in [5, 5.41) is 0. The van der Waals surface area contributed by atoms with Gasteiger partial charge in [0.05, 0.1) is 17.5 Å². The molecule has 1 aliphatic rings. The van der Waals surface area contributed by atoms with Crippen LogP contribution in [0.2, 0.25) is 0 Å². The van der Waals surface area contributed by atoms with Gasteiger partial charge in [0.15, 0.2) is 5.82 Å². The van der Waals surface area contributed by atoms with Gasteiger partial charge in [-0.1, -0.05) is 0 Å². The van der Waals surface area contributed by atoms with E-state index in [1.54, 1.807) is 36.7 Å². The molecule has 0 saturated carbocycles. The fraction of sp³-hybridized carbons (Fsp3) is 0.500. The maximum Gasteiger partial charge on any atom is 0.257 e. The normalized spacial score (nSPS) is 17.9. The van der Waals surface area contributed by atoms with E-state index in [4.69, 9.17) is 9.47 Å². The van der Waals surface area contributed by atoms with E-state index in [1.165, 1.54) is 4.31 Å². The predicted molar refractivity (Wildman–Crippen MR) is 111 cm³/mol. The van der Waals surface area contributed by atoms with Crippen molar-refractivity contribution in [2.75, 3.05) is 32.1 Å². The molecule has 8 nitrogen and oxygen atoms in total. The third-order valence-electron chi connectivity index (χ3n) is 4.52. The number of piperidine rings is 1. The first-order valence-corrected chi connectivity index (χ1v) is 11.1. The van der Waals surface area contributed by atoms with E-state index in [0.717, 1.165) is 12.8 Å². The van der Waals surface area contributed by atoms with Crippen molar-refractivity contribution in [3.8, 4) is 11.6 Å². The van der Waals surface area contributed by atoms with E-state index in [0.29, 0.717) is 24.0 Å². The van der Waals surface area contributed by atoms with Gasteiger partial charge in [0, 0.05) is 33.0 Å². The molecular weight excluding hydrogens is 392 g/mol. The minimum absolute atomic E-state index is 0.0330. The first-order chi connectivity index (χ1) is 13.8. The van der Waals surface area contributed by atoms with Gasteiger partial charge in [-0.3, -0.25) is 0 Å². The molecule has 29 heavy (non-hydrogen) atoms. The van der Waals surface area contributed by atoms with Gasteiger partial charge < -0.3 is 14.4 Å². The summed E-state index contributed by atoms with van der Waals surface area (Å²) in [4.78, 5) is 10.6. The van der Waals surface area contributed by atoms with E-state index in [9.17, 15) is 8.42 Å². The van der Waals surface area contributed by atoms with Crippen LogP contribution in [0.25, 0.3) is 0 Å². The Morgan fingerprint density at radius 1 is 1.14 bits per heavy atom. The second-order valence-electron chi connectivity index (χ2n) is 7.46. The van der Waals surface area contributed by atoms with Crippen molar-refractivity contribution in [3.63, 3.8) is 0 Å². The monoisotopic (exact) mass is 420 g/mol. The minimum atomic E-state index is -3.61. The molecule has 0 aliphatic carbocycles. The summed E-state index contributed by atoms with van der Waals surface area (Å²) < 4.78 is 39.3. The van der Waals surface area contributed by atoms with Crippen molar-refractivity contribution < 1.29 is 17.9 Å². The van der Waals surface area contributed by atoms with E-state index < -0.39 is 10.0 Å². The van der Waals surface area contributed by atoms with Gasteiger partial charge >= 0.3 is 0 Å².